The van der Waals surface area contributed by atoms with Gasteiger partial charge in [-0.05, 0) is 62.9 Å². The van der Waals surface area contributed by atoms with Gasteiger partial charge in [0, 0.05) is 58.6 Å². The third-order valence-electron chi connectivity index (χ3n) is 5.65. The molecule has 0 aliphatic heterocycles. The number of aliphatic hydroxyl groups excluding tert-OH is 2. The molecular formula is C26H28FN3NaO4. The standard InChI is InChI=1S/C26H28FN3O4.Na/c1-16(2)30-22(11-10-19(31)13-20(32)14-24(33)34)25(17-6-8-18(27)9-7-17)26(23(30)15-28)21-5-3-4-12-29-21;/h3-9,12,16,19-20,31-32H,10-11,13-14H2,1-2H3,(H,33,34);/t19-,20-;/m1./s1. The molecule has 35 heavy (non-hydrogen) atoms. The maximum atomic E-state index is 13.7. The summed E-state index contributed by atoms with van der Waals surface area (Å²) in [5.41, 5.74) is 3.90. The predicted octanol–water partition coefficient (Wildman–Crippen LogP) is 3.95. The molecule has 0 fully saturated rings. The van der Waals surface area contributed by atoms with Crippen molar-refractivity contribution in [1.82, 2.24) is 9.55 Å². The summed E-state index contributed by atoms with van der Waals surface area (Å²) in [6.07, 6.45) is -0.358. The van der Waals surface area contributed by atoms with Crippen molar-refractivity contribution in [2.75, 3.05) is 0 Å². The van der Waals surface area contributed by atoms with Crippen LogP contribution in [0.25, 0.3) is 22.4 Å². The summed E-state index contributed by atoms with van der Waals surface area (Å²) in [5, 5.41) is 39.3. The Morgan fingerprint density at radius 1 is 1.11 bits per heavy atom. The maximum Gasteiger partial charge on any atom is 0.305 e. The van der Waals surface area contributed by atoms with Crippen LogP contribution in [0, 0.1) is 17.1 Å². The molecule has 7 nitrogen and oxygen atoms in total. The summed E-state index contributed by atoms with van der Waals surface area (Å²) in [6.45, 7) is 3.90. The van der Waals surface area contributed by atoms with Gasteiger partial charge < -0.3 is 19.9 Å². The van der Waals surface area contributed by atoms with Crippen molar-refractivity contribution < 1.29 is 24.5 Å². The molecule has 0 saturated carbocycles. The number of carboxylic acids is 1. The van der Waals surface area contributed by atoms with Gasteiger partial charge in [0.25, 0.3) is 0 Å². The summed E-state index contributed by atoms with van der Waals surface area (Å²) in [4.78, 5) is 15.3. The van der Waals surface area contributed by atoms with Gasteiger partial charge >= 0.3 is 5.97 Å². The molecule has 3 aromatic rings. The van der Waals surface area contributed by atoms with Crippen LogP contribution in [0.5, 0.6) is 0 Å². The van der Waals surface area contributed by atoms with Crippen LogP contribution >= 0.6 is 0 Å². The monoisotopic (exact) mass is 488 g/mol. The Hall–Kier alpha value is -2.54. The molecule has 3 N–H and O–H groups in total. The van der Waals surface area contributed by atoms with E-state index in [0.29, 0.717) is 28.9 Å². The molecule has 0 aliphatic rings. The Kier molecular flexibility index (Phi) is 10.6. The molecule has 0 aliphatic carbocycles. The molecule has 9 heteroatoms. The second-order valence-electron chi connectivity index (χ2n) is 8.52. The van der Waals surface area contributed by atoms with Crippen molar-refractivity contribution in [1.29, 1.82) is 5.26 Å². The summed E-state index contributed by atoms with van der Waals surface area (Å²) in [7, 11) is 0. The minimum atomic E-state index is -1.15. The maximum absolute atomic E-state index is 13.7. The number of aromatic nitrogens is 2. The number of rotatable bonds is 10. The van der Waals surface area contributed by atoms with Gasteiger partial charge in [0.2, 0.25) is 0 Å². The van der Waals surface area contributed by atoms with Crippen LogP contribution in [0.1, 0.15) is 50.5 Å². The largest absolute Gasteiger partial charge is 0.481 e. The molecule has 3 rings (SSSR count). The Balaban J connectivity index is 0.00000432. The van der Waals surface area contributed by atoms with Gasteiger partial charge in [0.15, 0.2) is 0 Å². The molecule has 2 aromatic heterocycles. The zero-order chi connectivity index (χ0) is 24.8. The third kappa shape index (κ3) is 7.00. The minimum absolute atomic E-state index is 0. The van der Waals surface area contributed by atoms with Gasteiger partial charge in [-0.1, -0.05) is 18.2 Å². The zero-order valence-corrected chi connectivity index (χ0v) is 22.1. The Labute approximate surface area is 226 Å². The molecule has 0 amide bonds. The number of carbonyl (C=O) groups is 1. The number of halogens is 1. The van der Waals surface area contributed by atoms with Gasteiger partial charge in [-0.3, -0.25) is 9.78 Å². The van der Waals surface area contributed by atoms with Gasteiger partial charge in [-0.2, -0.15) is 5.26 Å². The van der Waals surface area contributed by atoms with Crippen LogP contribution in [0.15, 0.2) is 48.7 Å². The predicted molar refractivity (Wildman–Crippen MR) is 131 cm³/mol. The number of hydrogen-bond acceptors (Lipinski definition) is 5. The minimum Gasteiger partial charge on any atom is -0.481 e. The van der Waals surface area contributed by atoms with Crippen LogP contribution in [0.2, 0.25) is 0 Å². The van der Waals surface area contributed by atoms with E-state index in [1.165, 1.54) is 12.1 Å². The van der Waals surface area contributed by atoms with E-state index < -0.39 is 24.6 Å². The normalized spacial score (nSPS) is 12.6. The Morgan fingerprint density at radius 2 is 1.80 bits per heavy atom. The number of benzene rings is 1. The fourth-order valence-electron chi connectivity index (χ4n) is 4.27. The molecule has 0 spiro atoms. The second kappa shape index (κ2) is 13.0. The average Bonchev–Trinajstić information content (AvgIpc) is 3.12. The van der Waals surface area contributed by atoms with Crippen LogP contribution in [-0.4, -0.2) is 72.6 Å². The SMILES string of the molecule is CC(C)n1c(C#N)c(-c2ccccn2)c(-c2ccc(F)cc2)c1CC[C@@H](O)C[C@@H](O)CC(=O)O.[Na]. The molecular weight excluding hydrogens is 460 g/mol. The van der Waals surface area contributed by atoms with E-state index >= 15 is 0 Å². The van der Waals surface area contributed by atoms with E-state index in [2.05, 4.69) is 11.1 Å². The molecule has 0 bridgehead atoms. The molecule has 2 atom stereocenters. The summed E-state index contributed by atoms with van der Waals surface area (Å²) in [6, 6.07) is 13.7. The fraction of sp³-hybridized carbons (Fsp3) is 0.346. The number of pyridine rings is 1. The topological polar surface area (TPSA) is 119 Å². The van der Waals surface area contributed by atoms with E-state index in [4.69, 9.17) is 5.11 Å². The molecule has 179 valence electrons. The smallest absolute Gasteiger partial charge is 0.305 e. The third-order valence-corrected chi connectivity index (χ3v) is 5.65. The van der Waals surface area contributed by atoms with E-state index in [1.54, 1.807) is 24.4 Å². The van der Waals surface area contributed by atoms with Crippen molar-refractivity contribution >= 4 is 35.5 Å². The molecule has 1 aromatic carbocycles. The zero-order valence-electron chi connectivity index (χ0n) is 20.1. The second-order valence-corrected chi connectivity index (χ2v) is 8.52. The summed E-state index contributed by atoms with van der Waals surface area (Å²) in [5.74, 6) is -1.51. The summed E-state index contributed by atoms with van der Waals surface area (Å²) < 4.78 is 15.6. The fourth-order valence-corrected chi connectivity index (χ4v) is 4.27. The number of nitriles is 1. The van der Waals surface area contributed by atoms with Gasteiger partial charge in [0.1, 0.15) is 17.6 Å². The van der Waals surface area contributed by atoms with Gasteiger partial charge in [-0.25, -0.2) is 4.39 Å². The first-order valence-corrected chi connectivity index (χ1v) is 11.1. The Bertz CT molecular complexity index is 1170. The van der Waals surface area contributed by atoms with Gasteiger partial charge in [0.05, 0.1) is 24.3 Å². The van der Waals surface area contributed by atoms with Gasteiger partial charge in [-0.15, -0.1) is 0 Å². The Morgan fingerprint density at radius 3 is 2.34 bits per heavy atom. The number of nitrogens with zero attached hydrogens (tertiary/aromatic N) is 3. The average molecular weight is 489 g/mol. The number of hydrogen-bond donors (Lipinski definition) is 3. The van der Waals surface area contributed by atoms with Crippen LogP contribution in [0.4, 0.5) is 4.39 Å². The van der Waals surface area contributed by atoms with Crippen molar-refractivity contribution in [3.05, 3.63) is 65.9 Å². The van der Waals surface area contributed by atoms with E-state index in [9.17, 15) is 24.7 Å². The van der Waals surface area contributed by atoms with E-state index in [-0.39, 0.29) is 54.3 Å². The van der Waals surface area contributed by atoms with Crippen molar-refractivity contribution in [2.45, 2.75) is 57.8 Å². The number of carboxylic acid groups (broad SMARTS) is 1. The number of aliphatic carboxylic acids is 1. The van der Waals surface area contributed by atoms with E-state index in [0.717, 1.165) is 11.3 Å². The van der Waals surface area contributed by atoms with Crippen molar-refractivity contribution in [3.8, 4) is 28.5 Å². The first kappa shape index (κ1) is 28.7. The van der Waals surface area contributed by atoms with Crippen LogP contribution in [-0.2, 0) is 11.2 Å². The molecule has 0 unspecified atom stereocenters. The van der Waals surface area contributed by atoms with Crippen molar-refractivity contribution in [3.63, 3.8) is 0 Å². The van der Waals surface area contributed by atoms with Crippen molar-refractivity contribution in [2.24, 2.45) is 0 Å². The molecule has 2 heterocycles. The van der Waals surface area contributed by atoms with E-state index in [1.807, 2.05) is 30.5 Å². The molecule has 0 saturated heterocycles. The molecule has 1 radical (unpaired) electrons. The number of aliphatic hydroxyl groups is 2. The summed E-state index contributed by atoms with van der Waals surface area (Å²) >= 11 is 0. The van der Waals surface area contributed by atoms with Crippen LogP contribution in [0.3, 0.4) is 0 Å². The quantitative estimate of drug-likeness (QED) is 0.372. The first-order chi connectivity index (χ1) is 16.2. The first-order valence-electron chi connectivity index (χ1n) is 11.1. The van der Waals surface area contributed by atoms with Crippen LogP contribution < -0.4 is 0 Å².